The van der Waals surface area contributed by atoms with Gasteiger partial charge in [0, 0.05) is 31.6 Å². The van der Waals surface area contributed by atoms with Crippen LogP contribution in [0.2, 0.25) is 0 Å². The van der Waals surface area contributed by atoms with Crippen molar-refractivity contribution in [1.29, 1.82) is 0 Å². The Hall–Kier alpha value is -1.61. The maximum absolute atomic E-state index is 4.83. The van der Waals surface area contributed by atoms with E-state index in [4.69, 9.17) is 4.98 Å². The Balaban J connectivity index is 1.98. The van der Waals surface area contributed by atoms with Crippen molar-refractivity contribution in [3.05, 3.63) is 36.0 Å². The highest BCUT2D eigenvalue weighted by molar-refractivity contribution is 5.92. The summed E-state index contributed by atoms with van der Waals surface area (Å²) in [4.78, 5) is 7.05. The van der Waals surface area contributed by atoms with Gasteiger partial charge in [0.25, 0.3) is 0 Å². The van der Waals surface area contributed by atoms with Crippen molar-refractivity contribution in [2.24, 2.45) is 0 Å². The van der Waals surface area contributed by atoms with Gasteiger partial charge in [-0.05, 0) is 31.2 Å². The van der Waals surface area contributed by atoms with Gasteiger partial charge in [0.05, 0.1) is 5.69 Å². The topological polar surface area (TPSA) is 28.2 Å². The predicted octanol–water partition coefficient (Wildman–Crippen LogP) is 2.94. The van der Waals surface area contributed by atoms with Crippen molar-refractivity contribution in [2.75, 3.05) is 18.5 Å². The van der Waals surface area contributed by atoms with Crippen LogP contribution in [0.4, 0.5) is 5.82 Å². The van der Waals surface area contributed by atoms with E-state index in [9.17, 15) is 0 Å². The van der Waals surface area contributed by atoms with Crippen molar-refractivity contribution in [3.63, 3.8) is 0 Å². The maximum Gasteiger partial charge on any atom is 0.136 e. The van der Waals surface area contributed by atoms with Crippen molar-refractivity contribution < 1.29 is 0 Å². The summed E-state index contributed by atoms with van der Waals surface area (Å²) in [5.74, 6) is 1.09. The standard InChI is InChI=1S/C16H21N3/c1-3-19(2)16-15-7-5-4-6-12(15)10-14(18-16)11-17-13-8-9-13/h4-7,10,13,17H,3,8-9,11H2,1-2H3. The summed E-state index contributed by atoms with van der Waals surface area (Å²) in [6, 6.07) is 11.4. The summed E-state index contributed by atoms with van der Waals surface area (Å²) < 4.78 is 0. The minimum absolute atomic E-state index is 0.723. The van der Waals surface area contributed by atoms with Crippen molar-refractivity contribution in [1.82, 2.24) is 10.3 Å². The number of benzene rings is 1. The minimum atomic E-state index is 0.723. The van der Waals surface area contributed by atoms with E-state index in [2.05, 4.69) is 54.5 Å². The lowest BCUT2D eigenvalue weighted by Gasteiger charge is -2.19. The molecular formula is C16H21N3. The minimum Gasteiger partial charge on any atom is -0.359 e. The highest BCUT2D eigenvalue weighted by Gasteiger charge is 2.20. The van der Waals surface area contributed by atoms with E-state index in [1.165, 1.54) is 23.6 Å². The second-order valence-corrected chi connectivity index (χ2v) is 5.33. The second kappa shape index (κ2) is 5.17. The predicted molar refractivity (Wildman–Crippen MR) is 80.5 cm³/mol. The summed E-state index contributed by atoms with van der Waals surface area (Å²) in [7, 11) is 2.10. The first-order valence-corrected chi connectivity index (χ1v) is 7.11. The molecule has 1 saturated carbocycles. The third-order valence-electron chi connectivity index (χ3n) is 3.76. The van der Waals surface area contributed by atoms with Gasteiger partial charge >= 0.3 is 0 Å². The van der Waals surface area contributed by atoms with Gasteiger partial charge in [-0.15, -0.1) is 0 Å². The molecule has 0 atom stereocenters. The van der Waals surface area contributed by atoms with Gasteiger partial charge in [-0.1, -0.05) is 24.3 Å². The molecule has 1 aliphatic carbocycles. The molecule has 0 unspecified atom stereocenters. The number of hydrogen-bond donors (Lipinski definition) is 1. The van der Waals surface area contributed by atoms with Crippen molar-refractivity contribution >= 4 is 16.6 Å². The average molecular weight is 255 g/mol. The molecule has 2 aromatic rings. The van der Waals surface area contributed by atoms with E-state index in [1.807, 2.05) is 0 Å². The number of nitrogens with zero attached hydrogens (tertiary/aromatic N) is 2. The van der Waals surface area contributed by atoms with E-state index in [0.29, 0.717) is 0 Å². The number of hydrogen-bond acceptors (Lipinski definition) is 3. The van der Waals surface area contributed by atoms with Crippen LogP contribution in [-0.4, -0.2) is 24.6 Å². The van der Waals surface area contributed by atoms with Crippen LogP contribution in [0.1, 0.15) is 25.5 Å². The molecule has 100 valence electrons. The molecule has 0 amide bonds. The van der Waals surface area contributed by atoms with Crippen LogP contribution in [0.5, 0.6) is 0 Å². The molecule has 1 aromatic carbocycles. The number of fused-ring (bicyclic) bond motifs is 1. The van der Waals surface area contributed by atoms with Crippen LogP contribution < -0.4 is 10.2 Å². The fraction of sp³-hybridized carbons (Fsp3) is 0.438. The van der Waals surface area contributed by atoms with Crippen LogP contribution in [-0.2, 0) is 6.54 Å². The zero-order chi connectivity index (χ0) is 13.2. The smallest absolute Gasteiger partial charge is 0.136 e. The maximum atomic E-state index is 4.83. The number of anilines is 1. The highest BCUT2D eigenvalue weighted by atomic mass is 15.2. The van der Waals surface area contributed by atoms with Gasteiger partial charge in [-0.2, -0.15) is 0 Å². The van der Waals surface area contributed by atoms with Crippen LogP contribution >= 0.6 is 0 Å². The number of rotatable bonds is 5. The van der Waals surface area contributed by atoms with Gasteiger partial charge in [-0.25, -0.2) is 4.98 Å². The Labute approximate surface area is 114 Å². The van der Waals surface area contributed by atoms with E-state index in [-0.39, 0.29) is 0 Å². The van der Waals surface area contributed by atoms with Gasteiger partial charge in [0.2, 0.25) is 0 Å². The fourth-order valence-electron chi connectivity index (χ4n) is 2.30. The molecule has 0 aliphatic heterocycles. The summed E-state index contributed by atoms with van der Waals surface area (Å²) in [5, 5.41) is 6.06. The quantitative estimate of drug-likeness (QED) is 0.890. The Morgan fingerprint density at radius 1 is 1.32 bits per heavy atom. The Bertz CT molecular complexity index is 575. The molecule has 1 fully saturated rings. The molecule has 1 aliphatic rings. The third kappa shape index (κ3) is 2.71. The first-order chi connectivity index (χ1) is 9.28. The highest BCUT2D eigenvalue weighted by Crippen LogP contribution is 2.25. The first-order valence-electron chi connectivity index (χ1n) is 7.11. The Kier molecular flexibility index (Phi) is 3.38. The zero-order valence-electron chi connectivity index (χ0n) is 11.7. The molecule has 3 heteroatoms. The second-order valence-electron chi connectivity index (χ2n) is 5.33. The lowest BCUT2D eigenvalue weighted by Crippen LogP contribution is -2.20. The molecule has 0 spiro atoms. The van der Waals surface area contributed by atoms with Gasteiger partial charge in [-0.3, -0.25) is 0 Å². The van der Waals surface area contributed by atoms with E-state index in [0.717, 1.165) is 30.6 Å². The van der Waals surface area contributed by atoms with Gasteiger partial charge < -0.3 is 10.2 Å². The SMILES string of the molecule is CCN(C)c1nc(CNC2CC2)cc2ccccc12. The van der Waals surface area contributed by atoms with Crippen LogP contribution in [0.15, 0.2) is 30.3 Å². The molecule has 1 aromatic heterocycles. The van der Waals surface area contributed by atoms with E-state index >= 15 is 0 Å². The molecular weight excluding hydrogens is 234 g/mol. The first kappa shape index (κ1) is 12.4. The van der Waals surface area contributed by atoms with Gasteiger partial charge in [0.1, 0.15) is 5.82 Å². The molecule has 3 nitrogen and oxygen atoms in total. The monoisotopic (exact) mass is 255 g/mol. The van der Waals surface area contributed by atoms with Crippen molar-refractivity contribution in [3.8, 4) is 0 Å². The fourth-order valence-corrected chi connectivity index (χ4v) is 2.30. The van der Waals surface area contributed by atoms with E-state index in [1.54, 1.807) is 0 Å². The van der Waals surface area contributed by atoms with E-state index < -0.39 is 0 Å². The summed E-state index contributed by atoms with van der Waals surface area (Å²) in [5.41, 5.74) is 1.14. The summed E-state index contributed by atoms with van der Waals surface area (Å²) in [6.07, 6.45) is 2.63. The molecule has 3 rings (SSSR count). The number of nitrogens with one attached hydrogen (secondary N) is 1. The third-order valence-corrected chi connectivity index (χ3v) is 3.76. The summed E-state index contributed by atoms with van der Waals surface area (Å²) in [6.45, 7) is 4.00. The van der Waals surface area contributed by atoms with Crippen LogP contribution in [0.25, 0.3) is 10.8 Å². The van der Waals surface area contributed by atoms with Crippen molar-refractivity contribution in [2.45, 2.75) is 32.4 Å². The van der Waals surface area contributed by atoms with Crippen LogP contribution in [0.3, 0.4) is 0 Å². The summed E-state index contributed by atoms with van der Waals surface area (Å²) >= 11 is 0. The largest absolute Gasteiger partial charge is 0.359 e. The average Bonchev–Trinajstić information content (AvgIpc) is 3.27. The Morgan fingerprint density at radius 2 is 2.11 bits per heavy atom. The molecule has 0 bridgehead atoms. The molecule has 0 radical (unpaired) electrons. The molecule has 1 heterocycles. The molecule has 1 N–H and O–H groups in total. The molecule has 19 heavy (non-hydrogen) atoms. The zero-order valence-corrected chi connectivity index (χ0v) is 11.7. The molecule has 0 saturated heterocycles. The van der Waals surface area contributed by atoms with Crippen LogP contribution in [0, 0.1) is 0 Å². The normalized spacial score (nSPS) is 14.8. The Morgan fingerprint density at radius 3 is 2.84 bits per heavy atom. The lowest BCUT2D eigenvalue weighted by molar-refractivity contribution is 0.674. The number of aromatic nitrogens is 1. The number of pyridine rings is 1. The lowest BCUT2D eigenvalue weighted by atomic mass is 10.1. The van der Waals surface area contributed by atoms with Gasteiger partial charge in [0.15, 0.2) is 0 Å².